The van der Waals surface area contributed by atoms with Gasteiger partial charge in [-0.2, -0.15) is 4.31 Å². The van der Waals surface area contributed by atoms with E-state index in [9.17, 15) is 12.8 Å². The van der Waals surface area contributed by atoms with Crippen LogP contribution in [0.1, 0.15) is 11.3 Å². The highest BCUT2D eigenvalue weighted by Crippen LogP contribution is 2.26. The fourth-order valence-corrected chi connectivity index (χ4v) is 6.00. The van der Waals surface area contributed by atoms with Crippen LogP contribution in [0.15, 0.2) is 52.7 Å². The maximum Gasteiger partial charge on any atom is 0.243 e. The summed E-state index contributed by atoms with van der Waals surface area (Å²) < 4.78 is 40.8. The summed E-state index contributed by atoms with van der Waals surface area (Å²) in [6, 6.07) is 11.0. The molecule has 1 aliphatic heterocycles. The molecule has 0 spiro atoms. The van der Waals surface area contributed by atoms with Gasteiger partial charge in [0.15, 0.2) is 5.13 Å². The zero-order valence-corrected chi connectivity index (χ0v) is 18.9. The number of rotatable bonds is 5. The third-order valence-electron chi connectivity index (χ3n) is 4.85. The zero-order valence-electron chi connectivity index (χ0n) is 15.8. The van der Waals surface area contributed by atoms with Crippen LogP contribution in [-0.4, -0.2) is 43.9 Å². The Kier molecular flexibility index (Phi) is 6.31. The van der Waals surface area contributed by atoms with Crippen molar-refractivity contribution in [2.45, 2.75) is 11.3 Å². The Bertz CT molecular complexity index is 1160. The van der Waals surface area contributed by atoms with E-state index >= 15 is 0 Å². The Labute approximate surface area is 188 Å². The number of piperazine rings is 1. The molecule has 1 aliphatic rings. The lowest BCUT2D eigenvalue weighted by atomic mass is 10.1. The van der Waals surface area contributed by atoms with E-state index < -0.39 is 15.8 Å². The number of anilines is 1. The maximum atomic E-state index is 13.6. The van der Waals surface area contributed by atoms with Crippen LogP contribution in [0, 0.1) is 5.82 Å². The molecule has 0 amide bonds. The summed E-state index contributed by atoms with van der Waals surface area (Å²) in [4.78, 5) is 6.92. The number of halogens is 3. The standard InChI is InChI=1S/C20H18Cl2FN3O2S2/c21-15-2-1-3-17(12-15)30(27,28)26-8-6-25(7-9-26)20-24-16(13-29-20)10-14-4-5-18(22)19(23)11-14/h1-5,11-13H,6-10H2. The van der Waals surface area contributed by atoms with E-state index in [0.29, 0.717) is 37.6 Å². The number of hydrogen-bond donors (Lipinski definition) is 0. The average molecular weight is 486 g/mol. The number of sulfonamides is 1. The average Bonchev–Trinajstić information content (AvgIpc) is 3.19. The van der Waals surface area contributed by atoms with Crippen LogP contribution >= 0.6 is 34.5 Å². The molecule has 2 heterocycles. The van der Waals surface area contributed by atoms with E-state index in [1.807, 2.05) is 5.38 Å². The van der Waals surface area contributed by atoms with E-state index in [1.54, 1.807) is 30.3 Å². The smallest absolute Gasteiger partial charge is 0.243 e. The first kappa shape index (κ1) is 21.5. The summed E-state index contributed by atoms with van der Waals surface area (Å²) >= 11 is 13.2. The Balaban J connectivity index is 1.40. The van der Waals surface area contributed by atoms with Gasteiger partial charge in [0.05, 0.1) is 15.6 Å². The number of benzene rings is 2. The Morgan fingerprint density at radius 1 is 1.07 bits per heavy atom. The highest BCUT2D eigenvalue weighted by atomic mass is 35.5. The highest BCUT2D eigenvalue weighted by Gasteiger charge is 2.29. The van der Waals surface area contributed by atoms with Crippen molar-refractivity contribution in [1.29, 1.82) is 0 Å². The summed E-state index contributed by atoms with van der Waals surface area (Å²) in [5, 5.41) is 3.27. The van der Waals surface area contributed by atoms with Gasteiger partial charge in [-0.25, -0.2) is 17.8 Å². The van der Waals surface area contributed by atoms with Crippen molar-refractivity contribution in [2.75, 3.05) is 31.1 Å². The predicted octanol–water partition coefficient (Wildman–Crippen LogP) is 4.69. The molecule has 0 N–H and O–H groups in total. The summed E-state index contributed by atoms with van der Waals surface area (Å²) in [5.41, 5.74) is 1.64. The van der Waals surface area contributed by atoms with Gasteiger partial charge in [0.2, 0.25) is 10.0 Å². The van der Waals surface area contributed by atoms with Crippen LogP contribution in [0.5, 0.6) is 0 Å². The molecule has 1 saturated heterocycles. The Morgan fingerprint density at radius 3 is 2.53 bits per heavy atom. The van der Waals surface area contributed by atoms with Gasteiger partial charge in [0.25, 0.3) is 0 Å². The second kappa shape index (κ2) is 8.80. The highest BCUT2D eigenvalue weighted by molar-refractivity contribution is 7.89. The van der Waals surface area contributed by atoms with E-state index in [1.165, 1.54) is 27.8 Å². The second-order valence-corrected chi connectivity index (χ2v) is 10.5. The van der Waals surface area contributed by atoms with Crippen molar-refractivity contribution < 1.29 is 12.8 Å². The third-order valence-corrected chi connectivity index (χ3v) is 8.24. The molecule has 5 nitrogen and oxygen atoms in total. The molecule has 1 fully saturated rings. The van der Waals surface area contributed by atoms with Crippen LogP contribution in [0.3, 0.4) is 0 Å². The number of aromatic nitrogens is 1. The van der Waals surface area contributed by atoms with E-state index in [0.717, 1.165) is 16.4 Å². The lowest BCUT2D eigenvalue weighted by Crippen LogP contribution is -2.48. The minimum Gasteiger partial charge on any atom is -0.345 e. The summed E-state index contributed by atoms with van der Waals surface area (Å²) in [5.74, 6) is -0.443. The van der Waals surface area contributed by atoms with Gasteiger partial charge in [0.1, 0.15) is 5.82 Å². The van der Waals surface area contributed by atoms with Crippen molar-refractivity contribution in [3.05, 3.63) is 75.0 Å². The van der Waals surface area contributed by atoms with Crippen LogP contribution in [-0.2, 0) is 16.4 Å². The van der Waals surface area contributed by atoms with Gasteiger partial charge in [-0.05, 0) is 35.9 Å². The topological polar surface area (TPSA) is 53.5 Å². The molecule has 30 heavy (non-hydrogen) atoms. The molecule has 0 bridgehead atoms. The molecule has 2 aromatic carbocycles. The summed E-state index contributed by atoms with van der Waals surface area (Å²) in [7, 11) is -3.57. The molecule has 3 aromatic rings. The Morgan fingerprint density at radius 2 is 1.83 bits per heavy atom. The van der Waals surface area contributed by atoms with Crippen molar-refractivity contribution in [1.82, 2.24) is 9.29 Å². The van der Waals surface area contributed by atoms with E-state index in [2.05, 4.69) is 9.88 Å². The molecule has 0 saturated carbocycles. The largest absolute Gasteiger partial charge is 0.345 e. The van der Waals surface area contributed by atoms with Crippen LogP contribution in [0.4, 0.5) is 9.52 Å². The Hall–Kier alpha value is -1.71. The lowest BCUT2D eigenvalue weighted by Gasteiger charge is -2.33. The number of thiazole rings is 1. The molecule has 10 heteroatoms. The minimum absolute atomic E-state index is 0.100. The van der Waals surface area contributed by atoms with Gasteiger partial charge < -0.3 is 4.90 Å². The molecule has 4 rings (SSSR count). The van der Waals surface area contributed by atoms with Crippen molar-refractivity contribution in [3.63, 3.8) is 0 Å². The van der Waals surface area contributed by atoms with Crippen molar-refractivity contribution >= 4 is 49.7 Å². The van der Waals surface area contributed by atoms with Gasteiger partial charge in [0, 0.05) is 43.0 Å². The van der Waals surface area contributed by atoms with E-state index in [-0.39, 0.29) is 9.92 Å². The van der Waals surface area contributed by atoms with Crippen LogP contribution < -0.4 is 4.90 Å². The van der Waals surface area contributed by atoms with Gasteiger partial charge in [-0.15, -0.1) is 11.3 Å². The molecule has 158 valence electrons. The molecule has 0 unspecified atom stereocenters. The molecule has 0 radical (unpaired) electrons. The fraction of sp³-hybridized carbons (Fsp3) is 0.250. The first-order valence-corrected chi connectivity index (χ1v) is 12.3. The zero-order chi connectivity index (χ0) is 21.3. The molecule has 0 aliphatic carbocycles. The maximum absolute atomic E-state index is 13.6. The first-order chi connectivity index (χ1) is 14.3. The predicted molar refractivity (Wildman–Crippen MR) is 119 cm³/mol. The SMILES string of the molecule is O=S(=O)(c1cccc(Cl)c1)N1CCN(c2nc(Cc3ccc(Cl)c(F)c3)cs2)CC1. The number of hydrogen-bond acceptors (Lipinski definition) is 5. The second-order valence-electron chi connectivity index (χ2n) is 6.90. The van der Waals surface area contributed by atoms with E-state index in [4.69, 9.17) is 23.2 Å². The van der Waals surface area contributed by atoms with Crippen molar-refractivity contribution in [2.24, 2.45) is 0 Å². The lowest BCUT2D eigenvalue weighted by molar-refractivity contribution is 0.384. The molecular weight excluding hydrogens is 468 g/mol. The quantitative estimate of drug-likeness (QED) is 0.525. The molecule has 0 atom stereocenters. The van der Waals surface area contributed by atoms with Gasteiger partial charge in [-0.1, -0.05) is 35.3 Å². The summed E-state index contributed by atoms with van der Waals surface area (Å²) in [6.45, 7) is 1.82. The monoisotopic (exact) mass is 485 g/mol. The molecular formula is C20H18Cl2FN3O2S2. The van der Waals surface area contributed by atoms with Crippen LogP contribution in [0.2, 0.25) is 10.0 Å². The third kappa shape index (κ3) is 4.63. The van der Waals surface area contributed by atoms with Gasteiger partial charge >= 0.3 is 0 Å². The van der Waals surface area contributed by atoms with Gasteiger partial charge in [-0.3, -0.25) is 0 Å². The molecule has 1 aromatic heterocycles. The van der Waals surface area contributed by atoms with Crippen LogP contribution in [0.25, 0.3) is 0 Å². The normalized spacial score (nSPS) is 15.5. The minimum atomic E-state index is -3.57. The number of nitrogens with zero attached hydrogens (tertiary/aromatic N) is 3. The fourth-order valence-electron chi connectivity index (χ4n) is 3.28. The first-order valence-electron chi connectivity index (χ1n) is 9.22. The van der Waals surface area contributed by atoms with Crippen molar-refractivity contribution in [3.8, 4) is 0 Å². The summed E-state index contributed by atoms with van der Waals surface area (Å²) in [6.07, 6.45) is 0.508.